The van der Waals surface area contributed by atoms with Crippen LogP contribution < -0.4 is 21.1 Å². The van der Waals surface area contributed by atoms with Crippen molar-refractivity contribution in [2.75, 3.05) is 56.9 Å². The number of hydrogen-bond acceptors (Lipinski definition) is 8. The molecular formula is C40H46N8O3. The lowest BCUT2D eigenvalue weighted by molar-refractivity contribution is -0.128. The summed E-state index contributed by atoms with van der Waals surface area (Å²) in [5, 5.41) is 0. The van der Waals surface area contributed by atoms with Gasteiger partial charge in [-0.2, -0.15) is 0 Å². The molecule has 2 aromatic carbocycles. The fourth-order valence-electron chi connectivity index (χ4n) is 7.38. The van der Waals surface area contributed by atoms with Crippen LogP contribution in [0.1, 0.15) is 45.3 Å². The van der Waals surface area contributed by atoms with Crippen LogP contribution >= 0.6 is 0 Å². The van der Waals surface area contributed by atoms with Gasteiger partial charge in [-0.05, 0) is 81.4 Å². The molecule has 11 nitrogen and oxygen atoms in total. The van der Waals surface area contributed by atoms with Gasteiger partial charge in [0.05, 0.1) is 22.9 Å². The summed E-state index contributed by atoms with van der Waals surface area (Å²) < 4.78 is 9.38. The number of fused-ring (bicyclic) bond motifs is 1. The predicted octanol–water partition coefficient (Wildman–Crippen LogP) is 5.80. The molecule has 1 atom stereocenters. The molecule has 2 saturated heterocycles. The number of aromatic nitrogens is 4. The van der Waals surface area contributed by atoms with E-state index >= 15 is 0 Å². The van der Waals surface area contributed by atoms with Crippen LogP contribution in [0.5, 0.6) is 11.5 Å². The summed E-state index contributed by atoms with van der Waals surface area (Å²) in [5.74, 6) is 1.61. The van der Waals surface area contributed by atoms with Crippen molar-refractivity contribution in [2.45, 2.75) is 45.1 Å². The van der Waals surface area contributed by atoms with Gasteiger partial charge < -0.3 is 25.2 Å². The number of para-hydroxylation sites is 1. The Morgan fingerprint density at radius 1 is 0.902 bits per heavy atom. The molecule has 2 fully saturated rings. The Morgan fingerprint density at radius 2 is 1.61 bits per heavy atom. The van der Waals surface area contributed by atoms with Crippen molar-refractivity contribution in [1.82, 2.24) is 28.9 Å². The number of rotatable bonds is 8. The SMILES string of the molecule is C/C(=C\C(C)(C)c1cc(N2CCN(C)CC2)ccn1)C(=O)N1CCC[C@@H](n2c(=O)n(-c3ccc(Oc4ccccc4)cc3)c3c(N)nccc32)C1. The third-order valence-electron chi connectivity index (χ3n) is 10.1. The van der Waals surface area contributed by atoms with E-state index < -0.39 is 5.41 Å². The summed E-state index contributed by atoms with van der Waals surface area (Å²) in [6.07, 6.45) is 7.06. The minimum atomic E-state index is -0.464. The predicted molar refractivity (Wildman–Crippen MR) is 202 cm³/mol. The minimum Gasteiger partial charge on any atom is -0.457 e. The normalized spacial score (nSPS) is 17.6. The number of ether oxygens (including phenoxy) is 1. The summed E-state index contributed by atoms with van der Waals surface area (Å²) in [4.78, 5) is 44.0. The quantitative estimate of drug-likeness (QED) is 0.204. The summed E-state index contributed by atoms with van der Waals surface area (Å²) >= 11 is 0. The van der Waals surface area contributed by atoms with Gasteiger partial charge in [0, 0.05) is 68.3 Å². The number of benzene rings is 2. The number of anilines is 2. The van der Waals surface area contributed by atoms with E-state index in [9.17, 15) is 9.59 Å². The zero-order chi connectivity index (χ0) is 35.7. The Hall–Kier alpha value is -5.42. The van der Waals surface area contributed by atoms with Crippen LogP contribution in [0.4, 0.5) is 11.5 Å². The molecule has 2 aliphatic rings. The van der Waals surface area contributed by atoms with Gasteiger partial charge in [0.1, 0.15) is 22.8 Å². The van der Waals surface area contributed by atoms with E-state index in [-0.39, 0.29) is 23.5 Å². The highest BCUT2D eigenvalue weighted by Crippen LogP contribution is 2.32. The summed E-state index contributed by atoms with van der Waals surface area (Å²) in [7, 11) is 2.15. The largest absolute Gasteiger partial charge is 0.457 e. The zero-order valence-electron chi connectivity index (χ0n) is 29.8. The highest BCUT2D eigenvalue weighted by molar-refractivity contribution is 5.93. The number of piperidine rings is 1. The van der Waals surface area contributed by atoms with Crippen molar-refractivity contribution in [3.63, 3.8) is 0 Å². The molecular weight excluding hydrogens is 640 g/mol. The number of hydrogen-bond donors (Lipinski definition) is 1. The summed E-state index contributed by atoms with van der Waals surface area (Å²) in [5.41, 5.74) is 10.4. The van der Waals surface area contributed by atoms with Gasteiger partial charge in [0.2, 0.25) is 5.91 Å². The lowest BCUT2D eigenvalue weighted by atomic mass is 9.86. The summed E-state index contributed by atoms with van der Waals surface area (Å²) in [6, 6.07) is 22.7. The number of imidazole rings is 1. The highest BCUT2D eigenvalue weighted by Gasteiger charge is 2.31. The third kappa shape index (κ3) is 6.98. The van der Waals surface area contributed by atoms with Crippen molar-refractivity contribution in [2.24, 2.45) is 0 Å². The second-order valence-corrected chi connectivity index (χ2v) is 14.2. The number of likely N-dealkylation sites (tertiary alicyclic amines) is 1. The first kappa shape index (κ1) is 34.0. The Labute approximate surface area is 298 Å². The number of carbonyl (C=O) groups excluding carboxylic acids is 1. The van der Waals surface area contributed by atoms with Crippen molar-refractivity contribution in [1.29, 1.82) is 0 Å². The Bertz CT molecular complexity index is 2110. The van der Waals surface area contributed by atoms with Crippen LogP contribution in [0, 0.1) is 0 Å². The molecule has 0 unspecified atom stereocenters. The Balaban J connectivity index is 1.13. The fourth-order valence-corrected chi connectivity index (χ4v) is 7.38. The molecule has 0 aliphatic carbocycles. The molecule has 0 radical (unpaired) electrons. The van der Waals surface area contributed by atoms with Gasteiger partial charge in [-0.3, -0.25) is 18.9 Å². The molecule has 51 heavy (non-hydrogen) atoms. The van der Waals surface area contributed by atoms with Crippen LogP contribution in [0.3, 0.4) is 0 Å². The van der Waals surface area contributed by atoms with Crippen LogP contribution in [-0.2, 0) is 10.2 Å². The zero-order valence-corrected chi connectivity index (χ0v) is 29.8. The lowest BCUT2D eigenvalue weighted by Gasteiger charge is -2.35. The number of nitrogens with two attached hydrogens (primary N) is 1. The molecule has 1 amide bonds. The number of nitrogen functional groups attached to an aromatic ring is 1. The standard InChI is InChI=1S/C40H46N8O3/c1-28(26-40(2,3)35-25-30(16-18-42-35)45-23-21-44(4)22-24-45)38(49)46-20-8-9-31(27-46)47-34-17-19-43-37(41)36(34)48(39(47)50)29-12-14-33(15-13-29)51-32-10-6-5-7-11-32/h5-7,10-19,25-26,31H,8-9,20-24,27H2,1-4H3,(H2,41,43)/b28-26+/t31-/m1/s1. The molecule has 5 heterocycles. The molecule has 2 N–H and O–H groups in total. The first-order valence-electron chi connectivity index (χ1n) is 17.7. The fraction of sp³-hybridized carbons (Fsp3) is 0.350. The number of carbonyl (C=O) groups is 1. The second-order valence-electron chi connectivity index (χ2n) is 14.2. The molecule has 5 aromatic rings. The van der Waals surface area contributed by atoms with E-state index in [1.807, 2.05) is 84.8 Å². The molecule has 0 spiro atoms. The van der Waals surface area contributed by atoms with Crippen LogP contribution in [0.15, 0.2) is 102 Å². The highest BCUT2D eigenvalue weighted by atomic mass is 16.5. The van der Waals surface area contributed by atoms with Crippen molar-refractivity contribution in [3.8, 4) is 17.2 Å². The van der Waals surface area contributed by atoms with Crippen LogP contribution in [-0.4, -0.2) is 81.1 Å². The van der Waals surface area contributed by atoms with E-state index in [1.165, 1.54) is 0 Å². The Kier molecular flexibility index (Phi) is 9.39. The molecule has 2 aliphatic heterocycles. The van der Waals surface area contributed by atoms with Gasteiger partial charge in [-0.25, -0.2) is 9.78 Å². The average Bonchev–Trinajstić information content (AvgIpc) is 3.45. The van der Waals surface area contributed by atoms with E-state index in [2.05, 4.69) is 47.8 Å². The van der Waals surface area contributed by atoms with E-state index in [1.54, 1.807) is 15.3 Å². The number of nitrogens with zero attached hydrogens (tertiary/aromatic N) is 7. The van der Waals surface area contributed by atoms with Gasteiger partial charge in [-0.1, -0.05) is 38.1 Å². The van der Waals surface area contributed by atoms with E-state index in [0.29, 0.717) is 41.1 Å². The van der Waals surface area contributed by atoms with Gasteiger partial charge in [-0.15, -0.1) is 0 Å². The van der Waals surface area contributed by atoms with Crippen molar-refractivity contribution >= 4 is 28.4 Å². The monoisotopic (exact) mass is 686 g/mol. The second kappa shape index (κ2) is 14.1. The number of amides is 1. The average molecular weight is 687 g/mol. The molecule has 7 rings (SSSR count). The first-order chi connectivity index (χ1) is 24.6. The van der Waals surface area contributed by atoms with Crippen LogP contribution in [0.2, 0.25) is 0 Å². The van der Waals surface area contributed by atoms with Crippen molar-refractivity contribution in [3.05, 3.63) is 113 Å². The summed E-state index contributed by atoms with van der Waals surface area (Å²) in [6.45, 7) is 11.1. The number of piperazine rings is 1. The third-order valence-corrected chi connectivity index (χ3v) is 10.1. The number of likely N-dealkylation sites (N-methyl/N-ethyl adjacent to an activating group) is 1. The molecule has 3 aromatic heterocycles. The van der Waals surface area contributed by atoms with E-state index in [0.717, 1.165) is 56.2 Å². The Morgan fingerprint density at radius 3 is 2.35 bits per heavy atom. The van der Waals surface area contributed by atoms with Gasteiger partial charge in [0.25, 0.3) is 0 Å². The maximum Gasteiger partial charge on any atom is 0.334 e. The molecule has 264 valence electrons. The maximum atomic E-state index is 14.3. The van der Waals surface area contributed by atoms with Gasteiger partial charge >= 0.3 is 5.69 Å². The van der Waals surface area contributed by atoms with Gasteiger partial charge in [0.15, 0.2) is 0 Å². The molecule has 0 bridgehead atoms. The first-order valence-corrected chi connectivity index (χ1v) is 17.7. The molecule has 0 saturated carbocycles. The number of pyridine rings is 2. The van der Waals surface area contributed by atoms with E-state index in [4.69, 9.17) is 15.5 Å². The minimum absolute atomic E-state index is 0.0324. The van der Waals surface area contributed by atoms with Crippen LogP contribution in [0.25, 0.3) is 16.7 Å². The topological polar surface area (TPSA) is 115 Å². The smallest absolute Gasteiger partial charge is 0.334 e. The molecule has 11 heteroatoms. The number of allylic oxidation sites excluding steroid dienone is 1. The van der Waals surface area contributed by atoms with Crippen molar-refractivity contribution < 1.29 is 9.53 Å². The lowest BCUT2D eigenvalue weighted by Crippen LogP contribution is -2.44. The maximum absolute atomic E-state index is 14.3.